The topological polar surface area (TPSA) is 53.6 Å². The van der Waals surface area contributed by atoms with Gasteiger partial charge in [0, 0.05) is 25.9 Å². The Balaban J connectivity index is 2.59. The Morgan fingerprint density at radius 1 is 1.35 bits per heavy atom. The van der Waals surface area contributed by atoms with Gasteiger partial charge in [-0.2, -0.15) is 0 Å². The fourth-order valence-corrected chi connectivity index (χ4v) is 1.89. The summed E-state index contributed by atoms with van der Waals surface area (Å²) in [6.07, 6.45) is 0. The quantitative estimate of drug-likeness (QED) is 0.703. The second-order valence-corrected chi connectivity index (χ2v) is 5.12. The summed E-state index contributed by atoms with van der Waals surface area (Å²) in [5, 5.41) is 5.98. The maximum Gasteiger partial charge on any atom is 0.238 e. The van der Waals surface area contributed by atoms with Crippen LogP contribution in [-0.2, 0) is 16.1 Å². The highest BCUT2D eigenvalue weighted by Gasteiger charge is 2.07. The third-order valence-electron chi connectivity index (χ3n) is 2.79. The van der Waals surface area contributed by atoms with Crippen molar-refractivity contribution in [1.29, 1.82) is 0 Å². The van der Waals surface area contributed by atoms with Crippen LogP contribution in [0.5, 0.6) is 0 Å². The molecule has 0 saturated carbocycles. The van der Waals surface area contributed by atoms with Crippen molar-refractivity contribution in [2.45, 2.75) is 13.5 Å². The fraction of sp³-hybridized carbons (Fsp3) is 0.533. The lowest BCUT2D eigenvalue weighted by Crippen LogP contribution is -2.30. The number of hydrogen-bond acceptors (Lipinski definition) is 4. The van der Waals surface area contributed by atoms with E-state index in [0.29, 0.717) is 19.7 Å². The summed E-state index contributed by atoms with van der Waals surface area (Å²) < 4.78 is 4.92. The molecule has 0 aliphatic carbocycles. The van der Waals surface area contributed by atoms with E-state index in [1.807, 2.05) is 26.2 Å². The molecule has 0 aromatic heterocycles. The van der Waals surface area contributed by atoms with Crippen LogP contribution in [0.2, 0.25) is 0 Å². The molecule has 2 N–H and O–H groups in total. The minimum absolute atomic E-state index is 0.0371. The summed E-state index contributed by atoms with van der Waals surface area (Å²) in [4.78, 5) is 14.0. The van der Waals surface area contributed by atoms with Crippen LogP contribution in [0.4, 0.5) is 5.69 Å². The fourth-order valence-electron chi connectivity index (χ4n) is 1.89. The number of anilines is 1. The van der Waals surface area contributed by atoms with Gasteiger partial charge in [0.05, 0.1) is 13.2 Å². The Kier molecular flexibility index (Phi) is 7.22. The smallest absolute Gasteiger partial charge is 0.238 e. The monoisotopic (exact) mass is 279 g/mol. The molecule has 0 aliphatic rings. The number of rotatable bonds is 8. The molecule has 1 aromatic rings. The van der Waals surface area contributed by atoms with Crippen molar-refractivity contribution in [2.24, 2.45) is 0 Å². The van der Waals surface area contributed by atoms with E-state index in [0.717, 1.165) is 17.8 Å². The minimum Gasteiger partial charge on any atom is -0.383 e. The highest BCUT2D eigenvalue weighted by Crippen LogP contribution is 2.18. The van der Waals surface area contributed by atoms with Crippen molar-refractivity contribution < 1.29 is 9.53 Å². The molecule has 0 saturated heterocycles. The van der Waals surface area contributed by atoms with E-state index in [2.05, 4.69) is 28.5 Å². The maximum absolute atomic E-state index is 11.9. The highest BCUT2D eigenvalue weighted by atomic mass is 16.5. The Labute approximate surface area is 121 Å². The number of methoxy groups -OCH3 is 1. The Bertz CT molecular complexity index is 433. The summed E-state index contributed by atoms with van der Waals surface area (Å²) >= 11 is 0. The van der Waals surface area contributed by atoms with Gasteiger partial charge in [-0.1, -0.05) is 17.7 Å². The van der Waals surface area contributed by atoms with Gasteiger partial charge in [0.25, 0.3) is 0 Å². The zero-order valence-corrected chi connectivity index (χ0v) is 12.8. The number of amides is 1. The van der Waals surface area contributed by atoms with Crippen LogP contribution in [-0.4, -0.2) is 51.7 Å². The molecule has 0 aliphatic heterocycles. The van der Waals surface area contributed by atoms with Gasteiger partial charge in [-0.25, -0.2) is 0 Å². The average Bonchev–Trinajstić information content (AvgIpc) is 2.37. The largest absolute Gasteiger partial charge is 0.383 e. The van der Waals surface area contributed by atoms with E-state index in [4.69, 9.17) is 4.74 Å². The number of carbonyl (C=O) groups is 1. The summed E-state index contributed by atoms with van der Waals surface area (Å²) in [7, 11) is 5.67. The van der Waals surface area contributed by atoms with E-state index in [1.165, 1.54) is 5.56 Å². The van der Waals surface area contributed by atoms with Crippen LogP contribution in [0.1, 0.15) is 11.1 Å². The Morgan fingerprint density at radius 3 is 2.75 bits per heavy atom. The van der Waals surface area contributed by atoms with E-state index in [9.17, 15) is 4.79 Å². The first kappa shape index (κ1) is 16.6. The van der Waals surface area contributed by atoms with Crippen LogP contribution >= 0.6 is 0 Å². The first-order valence-electron chi connectivity index (χ1n) is 6.76. The molecular formula is C15H25N3O2. The summed E-state index contributed by atoms with van der Waals surface area (Å²) in [6.45, 7) is 4.41. The van der Waals surface area contributed by atoms with Crippen molar-refractivity contribution >= 4 is 11.6 Å². The molecule has 0 radical (unpaired) electrons. The molecule has 0 atom stereocenters. The number of aryl methyl sites for hydroxylation is 1. The molecule has 1 rings (SSSR count). The molecule has 5 heteroatoms. The molecule has 0 unspecified atom stereocenters. The maximum atomic E-state index is 11.9. The molecule has 0 bridgehead atoms. The van der Waals surface area contributed by atoms with Crippen LogP contribution in [0.3, 0.4) is 0 Å². The van der Waals surface area contributed by atoms with Crippen LogP contribution in [0.15, 0.2) is 18.2 Å². The Hall–Kier alpha value is -1.43. The molecule has 0 fully saturated rings. The number of nitrogens with zero attached hydrogens (tertiary/aromatic N) is 1. The highest BCUT2D eigenvalue weighted by molar-refractivity contribution is 5.93. The van der Waals surface area contributed by atoms with Crippen molar-refractivity contribution in [3.05, 3.63) is 29.3 Å². The van der Waals surface area contributed by atoms with Gasteiger partial charge >= 0.3 is 0 Å². The number of benzene rings is 1. The van der Waals surface area contributed by atoms with E-state index >= 15 is 0 Å². The van der Waals surface area contributed by atoms with E-state index in [-0.39, 0.29) is 5.91 Å². The second-order valence-electron chi connectivity index (χ2n) is 5.12. The van der Waals surface area contributed by atoms with Gasteiger partial charge in [-0.15, -0.1) is 0 Å². The lowest BCUT2D eigenvalue weighted by molar-refractivity contribution is -0.115. The first-order chi connectivity index (χ1) is 9.52. The molecule has 20 heavy (non-hydrogen) atoms. The van der Waals surface area contributed by atoms with Crippen LogP contribution in [0.25, 0.3) is 0 Å². The summed E-state index contributed by atoms with van der Waals surface area (Å²) in [6, 6.07) is 6.07. The van der Waals surface area contributed by atoms with Crippen molar-refractivity contribution in [3.63, 3.8) is 0 Å². The predicted octanol–water partition coefficient (Wildman–Crippen LogP) is 1.23. The molecule has 0 heterocycles. The van der Waals surface area contributed by atoms with Crippen molar-refractivity contribution in [2.75, 3.05) is 46.2 Å². The molecule has 0 spiro atoms. The van der Waals surface area contributed by atoms with Crippen LogP contribution in [0, 0.1) is 6.92 Å². The average molecular weight is 279 g/mol. The summed E-state index contributed by atoms with van der Waals surface area (Å²) in [5.41, 5.74) is 3.20. The summed E-state index contributed by atoms with van der Waals surface area (Å²) in [5.74, 6) is -0.0371. The van der Waals surface area contributed by atoms with Gasteiger partial charge < -0.3 is 20.3 Å². The first-order valence-corrected chi connectivity index (χ1v) is 6.76. The zero-order valence-electron chi connectivity index (χ0n) is 12.8. The van der Waals surface area contributed by atoms with Crippen LogP contribution < -0.4 is 10.6 Å². The third kappa shape index (κ3) is 6.14. The minimum atomic E-state index is -0.0371. The van der Waals surface area contributed by atoms with Gasteiger partial charge in [0.1, 0.15) is 0 Å². The molecule has 112 valence electrons. The second kappa shape index (κ2) is 8.68. The number of ether oxygens (including phenoxy) is 1. The lowest BCUT2D eigenvalue weighted by Gasteiger charge is -2.16. The lowest BCUT2D eigenvalue weighted by atomic mass is 10.1. The third-order valence-corrected chi connectivity index (χ3v) is 2.79. The van der Waals surface area contributed by atoms with Crippen molar-refractivity contribution in [1.82, 2.24) is 10.2 Å². The van der Waals surface area contributed by atoms with Crippen molar-refractivity contribution in [3.8, 4) is 0 Å². The SMILES string of the molecule is COCCNCC(=O)Nc1ccc(C)cc1CN(C)C. The van der Waals surface area contributed by atoms with Gasteiger partial charge in [-0.3, -0.25) is 4.79 Å². The number of carbonyl (C=O) groups excluding carboxylic acids is 1. The number of hydrogen-bond donors (Lipinski definition) is 2. The molecule has 5 nitrogen and oxygen atoms in total. The molecular weight excluding hydrogens is 254 g/mol. The molecule has 1 aromatic carbocycles. The normalized spacial score (nSPS) is 10.8. The van der Waals surface area contributed by atoms with Gasteiger partial charge in [0.2, 0.25) is 5.91 Å². The zero-order chi connectivity index (χ0) is 15.0. The van der Waals surface area contributed by atoms with Gasteiger partial charge in [-0.05, 0) is 32.6 Å². The Morgan fingerprint density at radius 2 is 2.10 bits per heavy atom. The van der Waals surface area contributed by atoms with E-state index < -0.39 is 0 Å². The standard InChI is InChI=1S/C15H25N3O2/c1-12-5-6-14(13(9-12)11-18(2)3)17-15(19)10-16-7-8-20-4/h5-6,9,16H,7-8,10-11H2,1-4H3,(H,17,19). The predicted molar refractivity (Wildman–Crippen MR) is 81.9 cm³/mol. The van der Waals surface area contributed by atoms with E-state index in [1.54, 1.807) is 7.11 Å². The molecule has 1 amide bonds. The number of nitrogens with one attached hydrogen (secondary N) is 2. The van der Waals surface area contributed by atoms with Gasteiger partial charge in [0.15, 0.2) is 0 Å².